The molecular formula is C13H14Cl2N2O3. The summed E-state index contributed by atoms with van der Waals surface area (Å²) in [6.07, 6.45) is 0.747. The molecule has 108 valence electrons. The SMILES string of the molecule is NC(=O)[C@]1(O)CCCN(C(=O)c2ccc(Cl)cc2Cl)C1. The number of likely N-dealkylation sites (tertiary alicyclic amines) is 1. The molecule has 2 rings (SSSR count). The lowest BCUT2D eigenvalue weighted by atomic mass is 9.92. The number of halogens is 2. The van der Waals surface area contributed by atoms with Crippen LogP contribution in [0.4, 0.5) is 0 Å². The van der Waals surface area contributed by atoms with E-state index in [1.54, 1.807) is 6.07 Å². The van der Waals surface area contributed by atoms with Crippen molar-refractivity contribution >= 4 is 35.0 Å². The van der Waals surface area contributed by atoms with Crippen LogP contribution >= 0.6 is 23.2 Å². The summed E-state index contributed by atoms with van der Waals surface area (Å²) >= 11 is 11.8. The fourth-order valence-corrected chi connectivity index (χ4v) is 2.73. The lowest BCUT2D eigenvalue weighted by molar-refractivity contribution is -0.140. The maximum Gasteiger partial charge on any atom is 0.255 e. The number of hydrogen-bond acceptors (Lipinski definition) is 3. The zero-order valence-electron chi connectivity index (χ0n) is 10.6. The van der Waals surface area contributed by atoms with Crippen molar-refractivity contribution in [1.82, 2.24) is 4.90 Å². The molecule has 0 bridgehead atoms. The van der Waals surface area contributed by atoms with E-state index < -0.39 is 11.5 Å². The van der Waals surface area contributed by atoms with Crippen LogP contribution in [0.25, 0.3) is 0 Å². The average molecular weight is 317 g/mol. The van der Waals surface area contributed by atoms with Gasteiger partial charge in [-0.3, -0.25) is 9.59 Å². The van der Waals surface area contributed by atoms with Crippen LogP contribution in [0.5, 0.6) is 0 Å². The van der Waals surface area contributed by atoms with Crippen LogP contribution in [0.3, 0.4) is 0 Å². The van der Waals surface area contributed by atoms with E-state index in [9.17, 15) is 14.7 Å². The van der Waals surface area contributed by atoms with E-state index in [-0.39, 0.29) is 29.5 Å². The van der Waals surface area contributed by atoms with Gasteiger partial charge in [0, 0.05) is 11.6 Å². The number of piperidine rings is 1. The minimum atomic E-state index is -1.67. The van der Waals surface area contributed by atoms with Crippen LogP contribution in [-0.2, 0) is 4.79 Å². The Morgan fingerprint density at radius 1 is 1.35 bits per heavy atom. The molecule has 1 heterocycles. The monoisotopic (exact) mass is 316 g/mol. The van der Waals surface area contributed by atoms with E-state index in [1.165, 1.54) is 17.0 Å². The molecule has 20 heavy (non-hydrogen) atoms. The molecule has 0 aliphatic carbocycles. The van der Waals surface area contributed by atoms with Crippen molar-refractivity contribution in [2.45, 2.75) is 18.4 Å². The van der Waals surface area contributed by atoms with Crippen LogP contribution in [0.15, 0.2) is 18.2 Å². The molecule has 0 saturated carbocycles. The number of benzene rings is 1. The Kier molecular flexibility index (Phi) is 4.22. The van der Waals surface area contributed by atoms with Gasteiger partial charge in [-0.2, -0.15) is 0 Å². The molecule has 7 heteroatoms. The normalized spacial score (nSPS) is 22.6. The third-order valence-electron chi connectivity index (χ3n) is 3.38. The van der Waals surface area contributed by atoms with Crippen molar-refractivity contribution in [1.29, 1.82) is 0 Å². The number of nitrogens with zero attached hydrogens (tertiary/aromatic N) is 1. The number of β-amino-alcohol motifs (C(OH)–C–C–N with tert-alkyl or cyclic N) is 1. The minimum absolute atomic E-state index is 0.125. The Balaban J connectivity index is 2.23. The standard InChI is InChI=1S/C13H14Cl2N2O3/c14-8-2-3-9(10(15)6-8)11(18)17-5-1-4-13(20,7-17)12(16)19/h2-3,6,20H,1,4-5,7H2,(H2,16,19)/t13-/m0/s1. The highest BCUT2D eigenvalue weighted by atomic mass is 35.5. The van der Waals surface area contributed by atoms with E-state index in [0.29, 0.717) is 18.0 Å². The van der Waals surface area contributed by atoms with Crippen molar-refractivity contribution in [2.24, 2.45) is 5.73 Å². The second-order valence-electron chi connectivity index (χ2n) is 4.85. The first-order valence-electron chi connectivity index (χ1n) is 6.10. The number of primary amides is 1. The molecule has 1 aliphatic rings. The Morgan fingerprint density at radius 3 is 2.65 bits per heavy atom. The number of aliphatic hydroxyl groups is 1. The van der Waals surface area contributed by atoms with Crippen LogP contribution in [-0.4, -0.2) is 40.5 Å². The zero-order valence-corrected chi connectivity index (χ0v) is 12.1. The number of amides is 2. The zero-order chi connectivity index (χ0) is 14.9. The van der Waals surface area contributed by atoms with Gasteiger partial charge in [-0.25, -0.2) is 0 Å². The molecule has 1 saturated heterocycles. The Bertz CT molecular complexity index is 565. The highest BCUT2D eigenvalue weighted by Crippen LogP contribution is 2.26. The smallest absolute Gasteiger partial charge is 0.255 e. The summed E-state index contributed by atoms with van der Waals surface area (Å²) in [5.41, 5.74) is 3.79. The van der Waals surface area contributed by atoms with Crippen molar-refractivity contribution in [3.05, 3.63) is 33.8 Å². The van der Waals surface area contributed by atoms with Gasteiger partial charge >= 0.3 is 0 Å². The molecule has 1 fully saturated rings. The molecule has 0 spiro atoms. The molecule has 1 aliphatic heterocycles. The number of rotatable bonds is 2. The summed E-state index contributed by atoms with van der Waals surface area (Å²) in [6.45, 7) is 0.313. The first kappa shape index (κ1) is 15.1. The van der Waals surface area contributed by atoms with Crippen LogP contribution in [0.2, 0.25) is 10.0 Å². The molecule has 0 aromatic heterocycles. The maximum absolute atomic E-state index is 12.4. The molecule has 1 atom stereocenters. The van der Waals surface area contributed by atoms with Crippen molar-refractivity contribution < 1.29 is 14.7 Å². The average Bonchev–Trinajstić information content (AvgIpc) is 2.38. The molecule has 1 aromatic carbocycles. The third-order valence-corrected chi connectivity index (χ3v) is 3.93. The summed E-state index contributed by atoms with van der Waals surface area (Å²) < 4.78 is 0. The third kappa shape index (κ3) is 2.90. The van der Waals surface area contributed by atoms with Crippen molar-refractivity contribution in [3.63, 3.8) is 0 Å². The lowest BCUT2D eigenvalue weighted by Crippen LogP contribution is -2.57. The molecule has 3 N–H and O–H groups in total. The summed E-state index contributed by atoms with van der Waals surface area (Å²) in [5.74, 6) is -1.18. The van der Waals surface area contributed by atoms with E-state index in [2.05, 4.69) is 0 Å². The Hall–Kier alpha value is -1.30. The first-order chi connectivity index (χ1) is 9.33. The number of nitrogens with two attached hydrogens (primary N) is 1. The summed E-state index contributed by atoms with van der Waals surface area (Å²) in [6, 6.07) is 4.55. The second kappa shape index (κ2) is 5.60. The fraction of sp³-hybridized carbons (Fsp3) is 0.385. The van der Waals surface area contributed by atoms with Gasteiger partial charge in [-0.15, -0.1) is 0 Å². The lowest BCUT2D eigenvalue weighted by Gasteiger charge is -2.37. The summed E-state index contributed by atoms with van der Waals surface area (Å²) in [7, 11) is 0. The van der Waals surface area contributed by atoms with Gasteiger partial charge in [0.2, 0.25) is 0 Å². The highest BCUT2D eigenvalue weighted by Gasteiger charge is 2.40. The number of carbonyl (C=O) groups is 2. The van der Waals surface area contributed by atoms with Gasteiger partial charge in [-0.05, 0) is 31.0 Å². The Morgan fingerprint density at radius 2 is 2.05 bits per heavy atom. The van der Waals surface area contributed by atoms with E-state index in [1.807, 2.05) is 0 Å². The van der Waals surface area contributed by atoms with Gasteiger partial charge in [0.25, 0.3) is 11.8 Å². The topological polar surface area (TPSA) is 83.6 Å². The predicted molar refractivity (Wildman–Crippen MR) is 75.7 cm³/mol. The highest BCUT2D eigenvalue weighted by molar-refractivity contribution is 6.36. The van der Waals surface area contributed by atoms with Crippen molar-refractivity contribution in [3.8, 4) is 0 Å². The predicted octanol–water partition coefficient (Wildman–Crippen LogP) is 1.45. The maximum atomic E-state index is 12.4. The van der Waals surface area contributed by atoms with Gasteiger partial charge < -0.3 is 15.7 Å². The van der Waals surface area contributed by atoms with Crippen LogP contribution in [0.1, 0.15) is 23.2 Å². The van der Waals surface area contributed by atoms with E-state index >= 15 is 0 Å². The van der Waals surface area contributed by atoms with Crippen LogP contribution in [0, 0.1) is 0 Å². The molecule has 0 radical (unpaired) electrons. The van der Waals surface area contributed by atoms with E-state index in [4.69, 9.17) is 28.9 Å². The fourth-order valence-electron chi connectivity index (χ4n) is 2.24. The largest absolute Gasteiger partial charge is 0.378 e. The van der Waals surface area contributed by atoms with Gasteiger partial charge in [0.05, 0.1) is 17.1 Å². The van der Waals surface area contributed by atoms with Gasteiger partial charge in [-0.1, -0.05) is 23.2 Å². The minimum Gasteiger partial charge on any atom is -0.378 e. The van der Waals surface area contributed by atoms with Gasteiger partial charge in [0.15, 0.2) is 5.60 Å². The molecule has 0 unspecified atom stereocenters. The molecule has 1 aromatic rings. The van der Waals surface area contributed by atoms with Gasteiger partial charge in [0.1, 0.15) is 0 Å². The Labute approximate surface area is 126 Å². The summed E-state index contributed by atoms with van der Waals surface area (Å²) in [4.78, 5) is 25.0. The molecular weight excluding hydrogens is 303 g/mol. The quantitative estimate of drug-likeness (QED) is 0.866. The first-order valence-corrected chi connectivity index (χ1v) is 6.86. The van der Waals surface area contributed by atoms with Crippen LogP contribution < -0.4 is 5.73 Å². The number of carbonyl (C=O) groups excluding carboxylic acids is 2. The van der Waals surface area contributed by atoms with E-state index in [0.717, 1.165) is 0 Å². The molecule has 2 amide bonds. The second-order valence-corrected chi connectivity index (χ2v) is 5.69. The van der Waals surface area contributed by atoms with Crippen molar-refractivity contribution in [2.75, 3.05) is 13.1 Å². The number of hydrogen-bond donors (Lipinski definition) is 2. The summed E-state index contributed by atoms with van der Waals surface area (Å²) in [5, 5.41) is 10.8. The molecule has 5 nitrogen and oxygen atoms in total.